The first kappa shape index (κ1) is 19.7. The van der Waals surface area contributed by atoms with E-state index in [1.165, 1.54) is 37.9 Å². The lowest BCUT2D eigenvalue weighted by Gasteiger charge is -2.17. The number of carbonyl (C=O) groups is 2. The molecule has 0 heterocycles. The van der Waals surface area contributed by atoms with Gasteiger partial charge >= 0.3 is 5.97 Å². The van der Waals surface area contributed by atoms with Crippen molar-refractivity contribution in [2.75, 3.05) is 14.2 Å². The number of carboxylic acid groups (broad SMARTS) is 1. The Hall–Kier alpha value is -2.37. The quantitative estimate of drug-likeness (QED) is 0.346. The highest BCUT2D eigenvalue weighted by molar-refractivity contribution is 7.89. The van der Waals surface area contributed by atoms with Crippen molar-refractivity contribution in [3.05, 3.63) is 18.2 Å². The average molecular weight is 362 g/mol. The van der Waals surface area contributed by atoms with Crippen LogP contribution in [0, 0.1) is 0 Å². The molecule has 11 heteroatoms. The van der Waals surface area contributed by atoms with Gasteiger partial charge in [0.05, 0.1) is 19.1 Å². The second-order valence-corrected chi connectivity index (χ2v) is 6.31. The van der Waals surface area contributed by atoms with Crippen LogP contribution < -0.4 is 19.7 Å². The number of nitrogens with one attached hydrogen (secondary N) is 2. The number of carbonyl (C=O) groups excluding carboxylic acids is 1. The van der Waals surface area contributed by atoms with Crippen molar-refractivity contribution in [3.8, 4) is 11.5 Å². The summed E-state index contributed by atoms with van der Waals surface area (Å²) < 4.78 is 36.8. The van der Waals surface area contributed by atoms with Crippen LogP contribution in [0.15, 0.2) is 23.1 Å². The molecule has 1 aromatic carbocycles. The van der Waals surface area contributed by atoms with Crippen molar-refractivity contribution in [3.63, 3.8) is 0 Å². The lowest BCUT2D eigenvalue weighted by Crippen LogP contribution is -2.46. The van der Waals surface area contributed by atoms with E-state index in [0.29, 0.717) is 5.75 Å². The Morgan fingerprint density at radius 2 is 1.83 bits per heavy atom. The number of carboxylic acids is 1. The van der Waals surface area contributed by atoms with Gasteiger partial charge in [-0.2, -0.15) is 4.72 Å². The molecular weight excluding hydrogens is 344 g/mol. The second kappa shape index (κ2) is 8.47. The molecule has 134 valence electrons. The first-order chi connectivity index (χ1) is 11.2. The number of ether oxygens (including phenoxy) is 2. The third kappa shape index (κ3) is 5.08. The number of methoxy groups -OCH3 is 2. The Kier molecular flexibility index (Phi) is 6.95. The fourth-order valence-corrected chi connectivity index (χ4v) is 3.07. The molecule has 10 nitrogen and oxygen atoms in total. The van der Waals surface area contributed by atoms with E-state index in [9.17, 15) is 18.0 Å². The van der Waals surface area contributed by atoms with Crippen LogP contribution in [0.4, 0.5) is 0 Å². The Bertz CT molecular complexity index is 704. The molecule has 0 aromatic heterocycles. The molecule has 1 aromatic rings. The molecule has 0 radical (unpaired) electrons. The van der Waals surface area contributed by atoms with E-state index in [1.807, 2.05) is 4.72 Å². The summed E-state index contributed by atoms with van der Waals surface area (Å²) in [6, 6.07) is 2.33. The van der Waals surface area contributed by atoms with Gasteiger partial charge in [-0.15, -0.1) is 0 Å². The zero-order chi connectivity index (χ0) is 18.3. The summed E-state index contributed by atoms with van der Waals surface area (Å²) >= 11 is 0. The molecule has 0 spiro atoms. The standard InChI is InChI=1S/C13H18N2O8S/c1-22-10-5-3-8(7-11(10)23-2)24(20,21)15-9(13(18)14-19)4-6-12(16)17/h3,5,7,9,15,19H,4,6H2,1-2H3,(H,14,18)(H,16,17). The van der Waals surface area contributed by atoms with Crippen molar-refractivity contribution >= 4 is 21.9 Å². The Labute approximate surface area is 138 Å². The summed E-state index contributed by atoms with van der Waals surface area (Å²) in [5.41, 5.74) is 1.30. The zero-order valence-electron chi connectivity index (χ0n) is 13.0. The van der Waals surface area contributed by atoms with E-state index in [0.717, 1.165) is 0 Å². The van der Waals surface area contributed by atoms with Crippen LogP contribution in [0.5, 0.6) is 11.5 Å². The number of rotatable bonds is 9. The number of hydroxylamine groups is 1. The third-order valence-corrected chi connectivity index (χ3v) is 4.51. The summed E-state index contributed by atoms with van der Waals surface area (Å²) in [5.74, 6) is -1.81. The molecule has 0 bridgehead atoms. The van der Waals surface area contributed by atoms with E-state index < -0.39 is 34.4 Å². The summed E-state index contributed by atoms with van der Waals surface area (Å²) in [7, 11) is -1.45. The lowest BCUT2D eigenvalue weighted by molar-refractivity contribution is -0.137. The van der Waals surface area contributed by atoms with Crippen LogP contribution >= 0.6 is 0 Å². The van der Waals surface area contributed by atoms with Crippen molar-refractivity contribution < 1.29 is 37.8 Å². The van der Waals surface area contributed by atoms with E-state index >= 15 is 0 Å². The fourth-order valence-electron chi connectivity index (χ4n) is 1.83. The van der Waals surface area contributed by atoms with Gasteiger partial charge in [-0.05, 0) is 18.6 Å². The number of aliphatic carboxylic acids is 1. The Balaban J connectivity index is 3.08. The molecule has 0 fully saturated rings. The normalized spacial score (nSPS) is 12.3. The van der Waals surface area contributed by atoms with Gasteiger partial charge in [0.2, 0.25) is 10.0 Å². The van der Waals surface area contributed by atoms with Crippen molar-refractivity contribution in [2.45, 2.75) is 23.8 Å². The summed E-state index contributed by atoms with van der Waals surface area (Å²) in [6.45, 7) is 0. The first-order valence-corrected chi connectivity index (χ1v) is 8.13. The van der Waals surface area contributed by atoms with Gasteiger partial charge in [0.15, 0.2) is 11.5 Å². The number of sulfonamides is 1. The van der Waals surface area contributed by atoms with Gasteiger partial charge in [0, 0.05) is 12.5 Å². The minimum absolute atomic E-state index is 0.161. The lowest BCUT2D eigenvalue weighted by atomic mass is 10.1. The topological polar surface area (TPSA) is 151 Å². The van der Waals surface area contributed by atoms with Crippen molar-refractivity contribution in [2.24, 2.45) is 0 Å². The molecule has 0 aliphatic rings. The molecule has 0 aliphatic carbocycles. The third-order valence-electron chi connectivity index (χ3n) is 3.04. The van der Waals surface area contributed by atoms with Crippen LogP contribution in [-0.4, -0.2) is 50.9 Å². The van der Waals surface area contributed by atoms with Crippen LogP contribution in [0.25, 0.3) is 0 Å². The van der Waals surface area contributed by atoms with Gasteiger partial charge in [-0.3, -0.25) is 14.8 Å². The summed E-state index contributed by atoms with van der Waals surface area (Å²) in [5, 5.41) is 17.3. The largest absolute Gasteiger partial charge is 0.493 e. The van der Waals surface area contributed by atoms with Crippen molar-refractivity contribution in [1.29, 1.82) is 0 Å². The molecule has 1 amide bonds. The monoisotopic (exact) mass is 362 g/mol. The van der Waals surface area contributed by atoms with E-state index in [4.69, 9.17) is 19.8 Å². The smallest absolute Gasteiger partial charge is 0.303 e. The van der Waals surface area contributed by atoms with Gasteiger partial charge in [-0.25, -0.2) is 13.9 Å². The van der Waals surface area contributed by atoms with Crippen LogP contribution in [0.2, 0.25) is 0 Å². The minimum atomic E-state index is -4.17. The molecule has 24 heavy (non-hydrogen) atoms. The van der Waals surface area contributed by atoms with Gasteiger partial charge < -0.3 is 14.6 Å². The molecule has 0 saturated heterocycles. The Morgan fingerprint density at radius 3 is 2.33 bits per heavy atom. The molecule has 4 N–H and O–H groups in total. The van der Waals surface area contributed by atoms with Gasteiger partial charge in [-0.1, -0.05) is 0 Å². The SMILES string of the molecule is COc1ccc(S(=O)(=O)NC(CCC(=O)O)C(=O)NO)cc1OC. The van der Waals surface area contributed by atoms with Crippen LogP contribution in [-0.2, 0) is 19.6 Å². The Morgan fingerprint density at radius 1 is 1.21 bits per heavy atom. The molecule has 0 aliphatic heterocycles. The summed E-state index contributed by atoms with van der Waals surface area (Å²) in [4.78, 5) is 21.9. The van der Waals surface area contributed by atoms with E-state index in [-0.39, 0.29) is 17.1 Å². The number of amides is 1. The maximum Gasteiger partial charge on any atom is 0.303 e. The molecular formula is C13H18N2O8S. The maximum absolute atomic E-state index is 12.4. The fraction of sp³-hybridized carbons (Fsp3) is 0.385. The van der Waals surface area contributed by atoms with Gasteiger partial charge in [0.25, 0.3) is 5.91 Å². The highest BCUT2D eigenvalue weighted by atomic mass is 32.2. The highest BCUT2D eigenvalue weighted by Gasteiger charge is 2.27. The maximum atomic E-state index is 12.4. The van der Waals surface area contributed by atoms with Crippen molar-refractivity contribution in [1.82, 2.24) is 10.2 Å². The molecule has 1 atom stereocenters. The number of hydrogen-bond acceptors (Lipinski definition) is 7. The summed E-state index contributed by atoms with van der Waals surface area (Å²) in [6.07, 6.45) is -0.805. The number of hydrogen-bond donors (Lipinski definition) is 4. The van der Waals surface area contributed by atoms with E-state index in [2.05, 4.69) is 0 Å². The predicted molar refractivity (Wildman–Crippen MR) is 80.5 cm³/mol. The predicted octanol–water partition coefficient (Wildman–Crippen LogP) is -0.279. The van der Waals surface area contributed by atoms with Crippen LogP contribution in [0.3, 0.4) is 0 Å². The number of benzene rings is 1. The van der Waals surface area contributed by atoms with E-state index in [1.54, 1.807) is 0 Å². The highest BCUT2D eigenvalue weighted by Crippen LogP contribution is 2.29. The first-order valence-electron chi connectivity index (χ1n) is 6.65. The molecule has 1 rings (SSSR count). The molecule has 0 saturated carbocycles. The zero-order valence-corrected chi connectivity index (χ0v) is 13.8. The van der Waals surface area contributed by atoms with Crippen LogP contribution in [0.1, 0.15) is 12.8 Å². The molecule has 1 unspecified atom stereocenters. The minimum Gasteiger partial charge on any atom is -0.493 e. The second-order valence-electron chi connectivity index (χ2n) is 4.60. The average Bonchev–Trinajstić information content (AvgIpc) is 2.56. The van der Waals surface area contributed by atoms with Gasteiger partial charge in [0.1, 0.15) is 6.04 Å².